The highest BCUT2D eigenvalue weighted by Crippen LogP contribution is 2.43. The Labute approximate surface area is 254 Å². The van der Waals surface area contributed by atoms with Gasteiger partial charge in [0.1, 0.15) is 0 Å². The van der Waals surface area contributed by atoms with E-state index in [1.165, 1.54) is 60.0 Å². The standard InChI is InChI=1S/C40H62O/c1-30(18-13-20-32(3)23-25-37-34(5)22-15-27-39(37,7)8)16-11-12-17-31(2)19-14-21-33(4)24-26-38-35(6)28-36(41)29-40(38,9)10/h13,16-18,20-21,24,26,28,36,38,41H,11-12,14-15,19,22-23,25,27,29H2,1-10H3/b18-13+,26-24-,30-16+,31-17+,32-20+,33-21+/t36-,38-/m0/s1. The molecule has 1 nitrogen and oxygen atoms in total. The molecule has 0 aromatic rings. The molecule has 2 rings (SSSR count). The van der Waals surface area contributed by atoms with Crippen molar-refractivity contribution in [2.75, 3.05) is 0 Å². The van der Waals surface area contributed by atoms with Gasteiger partial charge in [-0.05, 0) is 117 Å². The predicted molar refractivity (Wildman–Crippen MR) is 183 cm³/mol. The summed E-state index contributed by atoms with van der Waals surface area (Å²) < 4.78 is 0. The third-order valence-electron chi connectivity index (χ3n) is 9.40. The topological polar surface area (TPSA) is 20.2 Å². The van der Waals surface area contributed by atoms with Crippen LogP contribution in [0.5, 0.6) is 0 Å². The van der Waals surface area contributed by atoms with Gasteiger partial charge in [0, 0.05) is 5.92 Å². The molecule has 2 aliphatic carbocycles. The molecule has 1 N–H and O–H groups in total. The van der Waals surface area contributed by atoms with E-state index in [1.807, 2.05) is 6.08 Å². The van der Waals surface area contributed by atoms with Crippen LogP contribution in [0, 0.1) is 16.7 Å². The zero-order valence-electron chi connectivity index (χ0n) is 28.4. The Bertz CT molecular complexity index is 1110. The molecular weight excluding hydrogens is 496 g/mol. The van der Waals surface area contributed by atoms with Gasteiger partial charge >= 0.3 is 0 Å². The first kappa shape index (κ1) is 35.1. The van der Waals surface area contributed by atoms with Gasteiger partial charge in [-0.25, -0.2) is 0 Å². The van der Waals surface area contributed by atoms with Crippen molar-refractivity contribution < 1.29 is 5.11 Å². The third-order valence-corrected chi connectivity index (χ3v) is 9.40. The fourth-order valence-electron chi connectivity index (χ4n) is 6.81. The third kappa shape index (κ3) is 12.3. The molecule has 228 valence electrons. The number of aliphatic hydroxyl groups is 1. The van der Waals surface area contributed by atoms with Gasteiger partial charge in [-0.2, -0.15) is 0 Å². The van der Waals surface area contributed by atoms with Crippen molar-refractivity contribution in [3.8, 4) is 0 Å². The second kappa shape index (κ2) is 16.5. The van der Waals surface area contributed by atoms with Gasteiger partial charge in [-0.15, -0.1) is 0 Å². The second-order valence-electron chi connectivity index (χ2n) is 14.4. The molecule has 0 aromatic carbocycles. The monoisotopic (exact) mass is 558 g/mol. The van der Waals surface area contributed by atoms with E-state index in [2.05, 4.69) is 118 Å². The van der Waals surface area contributed by atoms with Gasteiger partial charge in [-0.1, -0.05) is 121 Å². The minimum atomic E-state index is -0.306. The maximum Gasteiger partial charge on any atom is 0.0729 e. The van der Waals surface area contributed by atoms with E-state index in [0.29, 0.717) is 11.3 Å². The molecule has 0 heterocycles. The highest BCUT2D eigenvalue weighted by Gasteiger charge is 2.34. The van der Waals surface area contributed by atoms with Crippen molar-refractivity contribution in [1.82, 2.24) is 0 Å². The maximum absolute atomic E-state index is 10.1. The van der Waals surface area contributed by atoms with Crippen LogP contribution in [-0.2, 0) is 0 Å². The van der Waals surface area contributed by atoms with Crippen molar-refractivity contribution in [3.63, 3.8) is 0 Å². The molecule has 2 aliphatic rings. The molecule has 0 aliphatic heterocycles. The highest BCUT2D eigenvalue weighted by molar-refractivity contribution is 5.27. The van der Waals surface area contributed by atoms with Crippen LogP contribution < -0.4 is 0 Å². The summed E-state index contributed by atoms with van der Waals surface area (Å²) in [5.41, 5.74) is 10.7. The second-order valence-corrected chi connectivity index (χ2v) is 14.4. The van der Waals surface area contributed by atoms with Crippen LogP contribution in [0.4, 0.5) is 0 Å². The number of aliphatic hydroxyl groups excluding tert-OH is 1. The zero-order valence-corrected chi connectivity index (χ0v) is 28.4. The van der Waals surface area contributed by atoms with Crippen molar-refractivity contribution in [2.24, 2.45) is 16.7 Å². The first-order valence-electron chi connectivity index (χ1n) is 16.3. The summed E-state index contributed by atoms with van der Waals surface area (Å²) in [5, 5.41) is 10.1. The highest BCUT2D eigenvalue weighted by atomic mass is 16.3. The van der Waals surface area contributed by atoms with Crippen LogP contribution in [0.1, 0.15) is 133 Å². The lowest BCUT2D eigenvalue weighted by atomic mass is 9.67. The summed E-state index contributed by atoms with van der Waals surface area (Å²) in [6.07, 6.45) is 31.8. The normalized spacial score (nSPS) is 24.5. The Hall–Kier alpha value is -2.12. The quantitative estimate of drug-likeness (QED) is 0.135. The molecule has 0 saturated heterocycles. The van der Waals surface area contributed by atoms with Crippen LogP contribution >= 0.6 is 0 Å². The summed E-state index contributed by atoms with van der Waals surface area (Å²) in [6, 6.07) is 0. The first-order chi connectivity index (χ1) is 19.2. The van der Waals surface area contributed by atoms with Gasteiger partial charge in [0.25, 0.3) is 0 Å². The Kier molecular flexibility index (Phi) is 14.1. The Morgan fingerprint density at radius 3 is 2.22 bits per heavy atom. The molecule has 0 fully saturated rings. The minimum Gasteiger partial charge on any atom is -0.389 e. The lowest BCUT2D eigenvalue weighted by Crippen LogP contribution is -2.32. The van der Waals surface area contributed by atoms with E-state index in [1.54, 1.807) is 11.1 Å². The molecule has 0 bridgehead atoms. The van der Waals surface area contributed by atoms with Crippen molar-refractivity contribution in [2.45, 2.75) is 140 Å². The lowest BCUT2D eigenvalue weighted by Gasteiger charge is -2.38. The Morgan fingerprint density at radius 1 is 0.878 bits per heavy atom. The summed E-state index contributed by atoms with van der Waals surface area (Å²) in [7, 11) is 0. The molecule has 1 heteroatoms. The smallest absolute Gasteiger partial charge is 0.0729 e. The van der Waals surface area contributed by atoms with Gasteiger partial charge in [0.2, 0.25) is 0 Å². The molecule has 41 heavy (non-hydrogen) atoms. The maximum atomic E-state index is 10.1. The van der Waals surface area contributed by atoms with Gasteiger partial charge in [-0.3, -0.25) is 0 Å². The molecule has 0 aromatic heterocycles. The van der Waals surface area contributed by atoms with E-state index in [9.17, 15) is 5.11 Å². The predicted octanol–water partition coefficient (Wildman–Crippen LogP) is 12.1. The Balaban J connectivity index is 1.73. The number of hydrogen-bond acceptors (Lipinski definition) is 1. The van der Waals surface area contributed by atoms with Gasteiger partial charge < -0.3 is 5.11 Å². The Morgan fingerprint density at radius 2 is 1.54 bits per heavy atom. The van der Waals surface area contributed by atoms with E-state index in [4.69, 9.17) is 0 Å². The van der Waals surface area contributed by atoms with Gasteiger partial charge in [0.05, 0.1) is 6.10 Å². The van der Waals surface area contributed by atoms with E-state index >= 15 is 0 Å². The average Bonchev–Trinajstić information content (AvgIpc) is 2.84. The fraction of sp³-hybridized carbons (Fsp3) is 0.600. The number of unbranched alkanes of at least 4 members (excludes halogenated alkanes) is 1. The lowest BCUT2D eigenvalue weighted by molar-refractivity contribution is 0.117. The summed E-state index contributed by atoms with van der Waals surface area (Å²) in [5.74, 6) is 0.392. The van der Waals surface area contributed by atoms with Crippen molar-refractivity contribution in [3.05, 3.63) is 93.7 Å². The van der Waals surface area contributed by atoms with Crippen LogP contribution in [0.25, 0.3) is 0 Å². The van der Waals surface area contributed by atoms with Crippen LogP contribution in [-0.4, -0.2) is 11.2 Å². The minimum absolute atomic E-state index is 0.0931. The average molecular weight is 559 g/mol. The molecule has 0 amide bonds. The summed E-state index contributed by atoms with van der Waals surface area (Å²) in [6.45, 7) is 22.8. The SMILES string of the molecule is CC1=C[C@H](O)CC(C)(C)[C@H]1/C=C\C(C)=C\CC/C(C)=C/CC/C=C(C)/C=C/C=C(\C)CCC1=C(C)CCCC1(C)C. The number of rotatable bonds is 13. The zero-order chi connectivity index (χ0) is 30.6. The van der Waals surface area contributed by atoms with Crippen molar-refractivity contribution in [1.29, 1.82) is 0 Å². The van der Waals surface area contributed by atoms with Gasteiger partial charge in [0.15, 0.2) is 0 Å². The molecule has 0 spiro atoms. The summed E-state index contributed by atoms with van der Waals surface area (Å²) in [4.78, 5) is 0. The number of hydrogen-bond donors (Lipinski definition) is 1. The first-order valence-corrected chi connectivity index (χ1v) is 16.3. The molecule has 0 saturated carbocycles. The molecule has 0 radical (unpaired) electrons. The van der Waals surface area contributed by atoms with Crippen LogP contribution in [0.2, 0.25) is 0 Å². The van der Waals surface area contributed by atoms with E-state index in [0.717, 1.165) is 32.1 Å². The van der Waals surface area contributed by atoms with Crippen molar-refractivity contribution >= 4 is 0 Å². The number of allylic oxidation sites excluding steroid dienone is 15. The fourth-order valence-corrected chi connectivity index (χ4v) is 6.81. The largest absolute Gasteiger partial charge is 0.389 e. The molecule has 0 unspecified atom stereocenters. The van der Waals surface area contributed by atoms with Crippen LogP contribution in [0.15, 0.2) is 93.7 Å². The van der Waals surface area contributed by atoms with Crippen LogP contribution in [0.3, 0.4) is 0 Å². The summed E-state index contributed by atoms with van der Waals surface area (Å²) >= 11 is 0. The molecule has 2 atom stereocenters. The van der Waals surface area contributed by atoms with E-state index in [-0.39, 0.29) is 11.5 Å². The van der Waals surface area contributed by atoms with E-state index < -0.39 is 0 Å². The molecular formula is C40H62O.